The van der Waals surface area contributed by atoms with Crippen molar-refractivity contribution in [3.8, 4) is 0 Å². The lowest BCUT2D eigenvalue weighted by Gasteiger charge is -2.29. The van der Waals surface area contributed by atoms with Crippen LogP contribution in [0.25, 0.3) is 0 Å². The second kappa shape index (κ2) is 8.19. The molecule has 1 aliphatic carbocycles. The predicted octanol–water partition coefficient (Wildman–Crippen LogP) is 4.86. The topological polar surface area (TPSA) is 3.24 Å². The van der Waals surface area contributed by atoms with E-state index in [2.05, 4.69) is 11.8 Å². The van der Waals surface area contributed by atoms with Crippen LogP contribution in [0, 0.1) is 11.8 Å². The van der Waals surface area contributed by atoms with Gasteiger partial charge in [0.25, 0.3) is 0 Å². The van der Waals surface area contributed by atoms with Gasteiger partial charge in [-0.15, -0.1) is 0 Å². The van der Waals surface area contributed by atoms with Gasteiger partial charge in [0.1, 0.15) is 0 Å². The van der Waals surface area contributed by atoms with Crippen molar-refractivity contribution in [3.05, 3.63) is 0 Å². The SMILES string of the molecule is CC1CCCCCCC(CCN2CCCCC2)C1. The van der Waals surface area contributed by atoms with E-state index >= 15 is 0 Å². The maximum atomic E-state index is 2.72. The van der Waals surface area contributed by atoms with E-state index in [1.54, 1.807) is 0 Å². The molecule has 0 aromatic rings. The molecule has 1 saturated heterocycles. The Morgan fingerprint density at radius 1 is 0.833 bits per heavy atom. The van der Waals surface area contributed by atoms with Gasteiger partial charge in [0.15, 0.2) is 0 Å². The molecule has 1 nitrogen and oxygen atoms in total. The van der Waals surface area contributed by atoms with E-state index in [1.165, 1.54) is 90.3 Å². The number of nitrogens with zero attached hydrogens (tertiary/aromatic N) is 1. The van der Waals surface area contributed by atoms with Crippen LogP contribution in [0.15, 0.2) is 0 Å². The highest BCUT2D eigenvalue weighted by atomic mass is 15.1. The van der Waals surface area contributed by atoms with Gasteiger partial charge in [-0.25, -0.2) is 0 Å². The minimum Gasteiger partial charge on any atom is -0.303 e. The maximum absolute atomic E-state index is 2.72. The fraction of sp³-hybridized carbons (Fsp3) is 1.00. The van der Waals surface area contributed by atoms with Gasteiger partial charge in [-0.2, -0.15) is 0 Å². The van der Waals surface area contributed by atoms with Crippen LogP contribution in [0.5, 0.6) is 0 Å². The minimum absolute atomic E-state index is 0.981. The molecule has 0 aromatic carbocycles. The van der Waals surface area contributed by atoms with Crippen molar-refractivity contribution in [2.24, 2.45) is 11.8 Å². The maximum Gasteiger partial charge on any atom is -0.00161 e. The van der Waals surface area contributed by atoms with Crippen LogP contribution < -0.4 is 0 Å². The van der Waals surface area contributed by atoms with Crippen molar-refractivity contribution in [2.75, 3.05) is 19.6 Å². The van der Waals surface area contributed by atoms with E-state index in [-0.39, 0.29) is 0 Å². The standard InChI is InChI=1S/C17H33N/c1-16-9-5-2-3-6-10-17(15-16)11-14-18-12-7-4-8-13-18/h16-17H,2-15H2,1H3. The average Bonchev–Trinajstić information content (AvgIpc) is 2.50. The van der Waals surface area contributed by atoms with Crippen LogP contribution in [-0.2, 0) is 0 Å². The highest BCUT2D eigenvalue weighted by Gasteiger charge is 2.17. The first kappa shape index (κ1) is 14.4. The number of hydrogen-bond acceptors (Lipinski definition) is 1. The van der Waals surface area contributed by atoms with E-state index in [0.29, 0.717) is 0 Å². The Bertz CT molecular complexity index is 208. The Morgan fingerprint density at radius 3 is 2.28 bits per heavy atom. The van der Waals surface area contributed by atoms with Crippen LogP contribution >= 0.6 is 0 Å². The molecule has 0 radical (unpaired) electrons. The summed E-state index contributed by atoms with van der Waals surface area (Å²) in [6, 6.07) is 0. The molecule has 2 atom stereocenters. The molecule has 0 bridgehead atoms. The van der Waals surface area contributed by atoms with Gasteiger partial charge < -0.3 is 4.90 Å². The van der Waals surface area contributed by atoms with Crippen molar-refractivity contribution in [2.45, 2.75) is 77.6 Å². The van der Waals surface area contributed by atoms with Gasteiger partial charge in [0, 0.05) is 0 Å². The van der Waals surface area contributed by atoms with Gasteiger partial charge in [0.2, 0.25) is 0 Å². The van der Waals surface area contributed by atoms with Crippen molar-refractivity contribution in [1.29, 1.82) is 0 Å². The molecular weight excluding hydrogens is 218 g/mol. The molecule has 18 heavy (non-hydrogen) atoms. The molecule has 0 aromatic heterocycles. The lowest BCUT2D eigenvalue weighted by Crippen LogP contribution is -2.31. The Kier molecular flexibility index (Phi) is 6.54. The second-order valence-corrected chi connectivity index (χ2v) is 6.89. The number of hydrogen-bond donors (Lipinski definition) is 0. The van der Waals surface area contributed by atoms with E-state index in [4.69, 9.17) is 0 Å². The van der Waals surface area contributed by atoms with Crippen molar-refractivity contribution in [3.63, 3.8) is 0 Å². The smallest absolute Gasteiger partial charge is 0.00161 e. The second-order valence-electron chi connectivity index (χ2n) is 6.89. The number of rotatable bonds is 3. The third-order valence-electron chi connectivity index (χ3n) is 5.10. The summed E-state index contributed by atoms with van der Waals surface area (Å²) in [6.07, 6.45) is 16.3. The monoisotopic (exact) mass is 251 g/mol. The molecule has 1 saturated carbocycles. The Balaban J connectivity index is 1.70. The minimum atomic E-state index is 0.981. The lowest BCUT2D eigenvalue weighted by molar-refractivity contribution is 0.202. The molecule has 1 aliphatic heterocycles. The normalized spacial score (nSPS) is 32.5. The van der Waals surface area contributed by atoms with E-state index in [0.717, 1.165) is 11.8 Å². The van der Waals surface area contributed by atoms with Crippen LogP contribution in [0.2, 0.25) is 0 Å². The fourth-order valence-electron chi connectivity index (χ4n) is 3.89. The summed E-state index contributed by atoms with van der Waals surface area (Å²) < 4.78 is 0. The average molecular weight is 251 g/mol. The molecule has 106 valence electrons. The summed E-state index contributed by atoms with van der Waals surface area (Å²) in [5.41, 5.74) is 0. The summed E-state index contributed by atoms with van der Waals surface area (Å²) in [5, 5.41) is 0. The first-order valence-electron chi connectivity index (χ1n) is 8.57. The van der Waals surface area contributed by atoms with Crippen molar-refractivity contribution >= 4 is 0 Å². The summed E-state index contributed by atoms with van der Waals surface area (Å²) in [4.78, 5) is 2.72. The highest BCUT2D eigenvalue weighted by Crippen LogP contribution is 2.28. The van der Waals surface area contributed by atoms with E-state index in [9.17, 15) is 0 Å². The van der Waals surface area contributed by atoms with Gasteiger partial charge in [-0.05, 0) is 57.2 Å². The van der Waals surface area contributed by atoms with E-state index in [1.807, 2.05) is 0 Å². The highest BCUT2D eigenvalue weighted by molar-refractivity contribution is 4.71. The molecule has 1 heteroatoms. The van der Waals surface area contributed by atoms with Crippen molar-refractivity contribution in [1.82, 2.24) is 4.90 Å². The summed E-state index contributed by atoms with van der Waals surface area (Å²) in [5.74, 6) is 2.01. The Labute approximate surface area is 114 Å². The molecule has 2 rings (SSSR count). The summed E-state index contributed by atoms with van der Waals surface area (Å²) in [7, 11) is 0. The molecular formula is C17H33N. The molecule has 1 heterocycles. The third-order valence-corrected chi connectivity index (χ3v) is 5.10. The largest absolute Gasteiger partial charge is 0.303 e. The molecule has 2 unspecified atom stereocenters. The van der Waals surface area contributed by atoms with Gasteiger partial charge in [0.05, 0.1) is 0 Å². The van der Waals surface area contributed by atoms with Gasteiger partial charge in [-0.1, -0.05) is 51.9 Å². The molecule has 0 spiro atoms. The Hall–Kier alpha value is -0.0400. The predicted molar refractivity (Wildman–Crippen MR) is 79.9 cm³/mol. The van der Waals surface area contributed by atoms with E-state index < -0.39 is 0 Å². The van der Waals surface area contributed by atoms with Crippen LogP contribution in [0.1, 0.15) is 77.6 Å². The molecule has 0 N–H and O–H groups in total. The fourth-order valence-corrected chi connectivity index (χ4v) is 3.89. The van der Waals surface area contributed by atoms with Crippen molar-refractivity contribution < 1.29 is 0 Å². The lowest BCUT2D eigenvalue weighted by atomic mass is 9.88. The summed E-state index contributed by atoms with van der Waals surface area (Å²) >= 11 is 0. The Morgan fingerprint density at radius 2 is 1.50 bits per heavy atom. The quantitative estimate of drug-likeness (QED) is 0.692. The van der Waals surface area contributed by atoms with Crippen LogP contribution in [-0.4, -0.2) is 24.5 Å². The first-order chi connectivity index (χ1) is 8.84. The van der Waals surface area contributed by atoms with Gasteiger partial charge >= 0.3 is 0 Å². The van der Waals surface area contributed by atoms with Crippen LogP contribution in [0.4, 0.5) is 0 Å². The summed E-state index contributed by atoms with van der Waals surface area (Å²) in [6.45, 7) is 6.63. The first-order valence-corrected chi connectivity index (χ1v) is 8.57. The zero-order chi connectivity index (χ0) is 12.6. The third kappa shape index (κ3) is 5.30. The van der Waals surface area contributed by atoms with Gasteiger partial charge in [-0.3, -0.25) is 0 Å². The zero-order valence-electron chi connectivity index (χ0n) is 12.5. The molecule has 0 amide bonds. The number of likely N-dealkylation sites (tertiary alicyclic amines) is 1. The molecule has 2 aliphatic rings. The van der Waals surface area contributed by atoms with Crippen LogP contribution in [0.3, 0.4) is 0 Å². The molecule has 2 fully saturated rings. The zero-order valence-corrected chi connectivity index (χ0v) is 12.5. The number of piperidine rings is 1.